The molecule has 1 aromatic rings. The fourth-order valence-corrected chi connectivity index (χ4v) is 1.90. The zero-order valence-corrected chi connectivity index (χ0v) is 10.5. The third kappa shape index (κ3) is 3.99. The van der Waals surface area contributed by atoms with Crippen molar-refractivity contribution in [1.29, 1.82) is 0 Å². The van der Waals surface area contributed by atoms with Crippen LogP contribution in [-0.4, -0.2) is 24.1 Å². The topological polar surface area (TPSA) is 37.0 Å². The number of pyridine rings is 1. The second kappa shape index (κ2) is 6.71. The standard InChI is InChI=1S/C12H19N3.ClH/c1-10-5-6-12(14-8-10)15-9-11-4-2-3-7-13-11;/h5-6,8,11,13H,2-4,7,9H2,1H3,(H,14,15);1H. The zero-order chi connectivity index (χ0) is 10.5. The first-order chi connectivity index (χ1) is 7.34. The number of nitrogens with one attached hydrogen (secondary N) is 2. The molecular formula is C12H20ClN3. The summed E-state index contributed by atoms with van der Waals surface area (Å²) < 4.78 is 0. The summed E-state index contributed by atoms with van der Waals surface area (Å²) in [5.41, 5.74) is 1.20. The molecule has 2 heterocycles. The molecule has 90 valence electrons. The maximum absolute atomic E-state index is 4.32. The van der Waals surface area contributed by atoms with Crippen LogP contribution in [0.1, 0.15) is 24.8 Å². The van der Waals surface area contributed by atoms with Gasteiger partial charge in [0.1, 0.15) is 5.82 Å². The van der Waals surface area contributed by atoms with E-state index in [0.717, 1.165) is 18.9 Å². The summed E-state index contributed by atoms with van der Waals surface area (Å²) in [6.45, 7) is 4.20. The molecule has 1 aromatic heterocycles. The Labute approximate surface area is 103 Å². The van der Waals surface area contributed by atoms with Crippen molar-refractivity contribution in [1.82, 2.24) is 10.3 Å². The molecule has 0 aliphatic carbocycles. The van der Waals surface area contributed by atoms with E-state index in [4.69, 9.17) is 0 Å². The van der Waals surface area contributed by atoms with Crippen LogP contribution in [0.4, 0.5) is 5.82 Å². The van der Waals surface area contributed by atoms with Gasteiger partial charge < -0.3 is 10.6 Å². The summed E-state index contributed by atoms with van der Waals surface area (Å²) >= 11 is 0. The lowest BCUT2D eigenvalue weighted by molar-refractivity contribution is 0.414. The van der Waals surface area contributed by atoms with E-state index in [9.17, 15) is 0 Å². The molecule has 16 heavy (non-hydrogen) atoms. The molecule has 4 heteroatoms. The minimum atomic E-state index is 0. The first-order valence-corrected chi connectivity index (χ1v) is 5.74. The first-order valence-electron chi connectivity index (χ1n) is 5.74. The monoisotopic (exact) mass is 241 g/mol. The summed E-state index contributed by atoms with van der Waals surface area (Å²) in [5.74, 6) is 0.980. The Morgan fingerprint density at radius 2 is 2.31 bits per heavy atom. The van der Waals surface area contributed by atoms with E-state index in [1.54, 1.807) is 0 Å². The Balaban J connectivity index is 0.00000128. The van der Waals surface area contributed by atoms with E-state index < -0.39 is 0 Å². The zero-order valence-electron chi connectivity index (χ0n) is 9.70. The van der Waals surface area contributed by atoms with E-state index in [0.29, 0.717) is 6.04 Å². The van der Waals surface area contributed by atoms with Crippen molar-refractivity contribution >= 4 is 18.2 Å². The minimum Gasteiger partial charge on any atom is -0.369 e. The second-order valence-corrected chi connectivity index (χ2v) is 4.25. The van der Waals surface area contributed by atoms with E-state index in [-0.39, 0.29) is 12.4 Å². The number of hydrogen-bond acceptors (Lipinski definition) is 3. The molecule has 0 amide bonds. The van der Waals surface area contributed by atoms with Crippen molar-refractivity contribution < 1.29 is 0 Å². The van der Waals surface area contributed by atoms with Crippen molar-refractivity contribution in [3.8, 4) is 0 Å². The molecule has 0 spiro atoms. The highest BCUT2D eigenvalue weighted by Crippen LogP contribution is 2.09. The van der Waals surface area contributed by atoms with Gasteiger partial charge in [0.05, 0.1) is 0 Å². The number of hydrogen-bond donors (Lipinski definition) is 2. The van der Waals surface area contributed by atoms with Crippen molar-refractivity contribution in [3.05, 3.63) is 23.9 Å². The van der Waals surface area contributed by atoms with Crippen molar-refractivity contribution in [2.24, 2.45) is 0 Å². The molecule has 0 radical (unpaired) electrons. The molecule has 1 unspecified atom stereocenters. The molecule has 2 N–H and O–H groups in total. The number of rotatable bonds is 3. The van der Waals surface area contributed by atoms with Gasteiger partial charge in [0.15, 0.2) is 0 Å². The lowest BCUT2D eigenvalue weighted by atomic mass is 10.1. The average Bonchev–Trinajstić information content (AvgIpc) is 2.30. The van der Waals surface area contributed by atoms with Gasteiger partial charge in [0.2, 0.25) is 0 Å². The molecule has 1 aliphatic heterocycles. The first kappa shape index (κ1) is 13.3. The highest BCUT2D eigenvalue weighted by Gasteiger charge is 2.11. The van der Waals surface area contributed by atoms with Crippen LogP contribution < -0.4 is 10.6 Å². The normalized spacial score (nSPS) is 19.9. The van der Waals surface area contributed by atoms with Crippen LogP contribution in [0.15, 0.2) is 18.3 Å². The Morgan fingerprint density at radius 1 is 1.44 bits per heavy atom. The summed E-state index contributed by atoms with van der Waals surface area (Å²) in [5, 5.41) is 6.88. The molecule has 1 atom stereocenters. The van der Waals surface area contributed by atoms with Crippen LogP contribution in [0, 0.1) is 6.92 Å². The summed E-state index contributed by atoms with van der Waals surface area (Å²) in [6, 6.07) is 4.74. The van der Waals surface area contributed by atoms with Crippen molar-refractivity contribution in [2.75, 3.05) is 18.4 Å². The SMILES string of the molecule is Cc1ccc(NCC2CCCCN2)nc1.Cl. The van der Waals surface area contributed by atoms with Gasteiger partial charge in [-0.3, -0.25) is 0 Å². The van der Waals surface area contributed by atoms with Gasteiger partial charge in [0.25, 0.3) is 0 Å². The number of anilines is 1. The highest BCUT2D eigenvalue weighted by molar-refractivity contribution is 5.85. The second-order valence-electron chi connectivity index (χ2n) is 4.25. The van der Waals surface area contributed by atoms with E-state index in [1.165, 1.54) is 24.8 Å². The van der Waals surface area contributed by atoms with Crippen molar-refractivity contribution in [3.63, 3.8) is 0 Å². The largest absolute Gasteiger partial charge is 0.369 e. The minimum absolute atomic E-state index is 0. The Kier molecular flexibility index (Phi) is 5.56. The van der Waals surface area contributed by atoms with Crippen LogP contribution in [0.3, 0.4) is 0 Å². The predicted octanol–water partition coefficient (Wildman–Crippen LogP) is 2.37. The molecule has 0 aromatic carbocycles. The molecule has 0 saturated carbocycles. The van der Waals surface area contributed by atoms with Gasteiger partial charge in [0, 0.05) is 18.8 Å². The number of halogens is 1. The lowest BCUT2D eigenvalue weighted by Crippen LogP contribution is -2.39. The summed E-state index contributed by atoms with van der Waals surface area (Å²) in [4.78, 5) is 4.32. The fourth-order valence-electron chi connectivity index (χ4n) is 1.90. The molecule has 1 fully saturated rings. The maximum atomic E-state index is 4.32. The van der Waals surface area contributed by atoms with Crippen molar-refractivity contribution in [2.45, 2.75) is 32.2 Å². The smallest absolute Gasteiger partial charge is 0.125 e. The Morgan fingerprint density at radius 3 is 2.94 bits per heavy atom. The van der Waals surface area contributed by atoms with Gasteiger partial charge in [-0.2, -0.15) is 0 Å². The molecular weight excluding hydrogens is 222 g/mol. The molecule has 0 bridgehead atoms. The van der Waals surface area contributed by atoms with Gasteiger partial charge >= 0.3 is 0 Å². The molecule has 1 saturated heterocycles. The van der Waals surface area contributed by atoms with Gasteiger partial charge in [-0.1, -0.05) is 12.5 Å². The molecule has 2 rings (SSSR count). The van der Waals surface area contributed by atoms with Crippen LogP contribution in [0.5, 0.6) is 0 Å². The number of nitrogens with zero attached hydrogens (tertiary/aromatic N) is 1. The predicted molar refractivity (Wildman–Crippen MR) is 70.4 cm³/mol. The van der Waals surface area contributed by atoms with Gasteiger partial charge in [-0.15, -0.1) is 12.4 Å². The number of piperidine rings is 1. The quantitative estimate of drug-likeness (QED) is 0.853. The van der Waals surface area contributed by atoms with Gasteiger partial charge in [-0.25, -0.2) is 4.98 Å². The lowest BCUT2D eigenvalue weighted by Gasteiger charge is -2.23. The summed E-state index contributed by atoms with van der Waals surface area (Å²) in [6.07, 6.45) is 5.84. The third-order valence-corrected chi connectivity index (χ3v) is 2.85. The maximum Gasteiger partial charge on any atom is 0.125 e. The fraction of sp³-hybridized carbons (Fsp3) is 0.583. The van der Waals surface area contributed by atoms with Gasteiger partial charge in [-0.05, 0) is 37.9 Å². The van der Waals surface area contributed by atoms with E-state index in [1.807, 2.05) is 12.3 Å². The average molecular weight is 242 g/mol. The van der Waals surface area contributed by atoms with Crippen LogP contribution in [-0.2, 0) is 0 Å². The highest BCUT2D eigenvalue weighted by atomic mass is 35.5. The number of aryl methyl sites for hydroxylation is 1. The molecule has 3 nitrogen and oxygen atoms in total. The Bertz CT molecular complexity index is 294. The summed E-state index contributed by atoms with van der Waals surface area (Å²) in [7, 11) is 0. The van der Waals surface area contributed by atoms with E-state index >= 15 is 0 Å². The Hall–Kier alpha value is -0.800. The molecule has 1 aliphatic rings. The van der Waals surface area contributed by atoms with Crippen LogP contribution >= 0.6 is 12.4 Å². The number of aromatic nitrogens is 1. The third-order valence-electron chi connectivity index (χ3n) is 2.85. The van der Waals surface area contributed by atoms with Crippen LogP contribution in [0.25, 0.3) is 0 Å². The van der Waals surface area contributed by atoms with E-state index in [2.05, 4.69) is 28.6 Å². The van der Waals surface area contributed by atoms with Crippen LogP contribution in [0.2, 0.25) is 0 Å².